The zero-order valence-corrected chi connectivity index (χ0v) is 19.2. The van der Waals surface area contributed by atoms with Crippen LogP contribution in [0, 0.1) is 0 Å². The molecule has 0 saturated carbocycles. The van der Waals surface area contributed by atoms with Crippen molar-refractivity contribution in [1.29, 1.82) is 0 Å². The first-order chi connectivity index (χ1) is 15.5. The molecular weight excluding hydrogens is 404 g/mol. The monoisotopic (exact) mass is 434 g/mol. The number of benzene rings is 3. The van der Waals surface area contributed by atoms with Gasteiger partial charge in [0, 0.05) is 23.3 Å². The van der Waals surface area contributed by atoms with E-state index in [0.717, 1.165) is 51.9 Å². The highest BCUT2D eigenvalue weighted by Crippen LogP contribution is 2.47. The first-order valence-electron chi connectivity index (χ1n) is 10.6. The van der Waals surface area contributed by atoms with Crippen molar-refractivity contribution in [3.63, 3.8) is 0 Å². The van der Waals surface area contributed by atoms with Gasteiger partial charge in [-0.2, -0.15) is 0 Å². The van der Waals surface area contributed by atoms with Gasteiger partial charge in [0.05, 0.1) is 51.4 Å². The molecule has 6 nitrogen and oxygen atoms in total. The molecular formula is C26H30N2O4. The van der Waals surface area contributed by atoms with Gasteiger partial charge in [-0.3, -0.25) is 0 Å². The van der Waals surface area contributed by atoms with E-state index in [1.54, 1.807) is 28.4 Å². The summed E-state index contributed by atoms with van der Waals surface area (Å²) in [7, 11) is 6.69. The summed E-state index contributed by atoms with van der Waals surface area (Å²) in [5, 5.41) is 7.50. The van der Waals surface area contributed by atoms with Crippen LogP contribution in [-0.2, 0) is 5.54 Å². The summed E-state index contributed by atoms with van der Waals surface area (Å²) in [4.78, 5) is 0. The molecule has 0 radical (unpaired) electrons. The summed E-state index contributed by atoms with van der Waals surface area (Å²) in [5.41, 5.74) is 3.74. The van der Waals surface area contributed by atoms with Crippen LogP contribution in [0.4, 0.5) is 11.4 Å². The SMILES string of the molecule is COc1ccc([C@@H]2C[C@](C)(c3ccc(OC)cc3OC)Nc3ccccc3N2)c(OC)c1. The molecule has 0 aromatic heterocycles. The molecule has 1 aliphatic heterocycles. The van der Waals surface area contributed by atoms with Crippen molar-refractivity contribution in [2.24, 2.45) is 0 Å². The molecule has 168 valence electrons. The molecule has 0 aliphatic carbocycles. The summed E-state index contributed by atoms with van der Waals surface area (Å²) in [5.74, 6) is 3.08. The number of fused-ring (bicyclic) bond motifs is 1. The van der Waals surface area contributed by atoms with Gasteiger partial charge < -0.3 is 29.6 Å². The second kappa shape index (κ2) is 8.91. The molecule has 6 heteroatoms. The van der Waals surface area contributed by atoms with E-state index in [9.17, 15) is 0 Å². The van der Waals surface area contributed by atoms with Crippen LogP contribution in [-0.4, -0.2) is 28.4 Å². The fourth-order valence-electron chi connectivity index (χ4n) is 4.44. The van der Waals surface area contributed by atoms with Crippen molar-refractivity contribution in [3.05, 3.63) is 71.8 Å². The predicted molar refractivity (Wildman–Crippen MR) is 127 cm³/mol. The van der Waals surface area contributed by atoms with Gasteiger partial charge in [0.15, 0.2) is 0 Å². The van der Waals surface area contributed by atoms with Crippen LogP contribution in [0.25, 0.3) is 0 Å². The van der Waals surface area contributed by atoms with Crippen molar-refractivity contribution >= 4 is 11.4 Å². The van der Waals surface area contributed by atoms with Crippen molar-refractivity contribution in [2.45, 2.75) is 24.9 Å². The molecule has 0 spiro atoms. The molecule has 1 heterocycles. The smallest absolute Gasteiger partial charge is 0.128 e. The number of rotatable bonds is 6. The number of anilines is 2. The number of nitrogens with one attached hydrogen (secondary N) is 2. The van der Waals surface area contributed by atoms with Crippen molar-refractivity contribution < 1.29 is 18.9 Å². The molecule has 0 saturated heterocycles. The summed E-state index contributed by atoms with van der Waals surface area (Å²) < 4.78 is 22.3. The maximum Gasteiger partial charge on any atom is 0.128 e. The molecule has 32 heavy (non-hydrogen) atoms. The molecule has 2 atom stereocenters. The van der Waals surface area contributed by atoms with Crippen LogP contribution in [0.2, 0.25) is 0 Å². The molecule has 3 aromatic carbocycles. The highest BCUT2D eigenvalue weighted by atomic mass is 16.5. The number of para-hydroxylation sites is 2. The van der Waals surface area contributed by atoms with Gasteiger partial charge >= 0.3 is 0 Å². The fraction of sp³-hybridized carbons (Fsp3) is 0.308. The lowest BCUT2D eigenvalue weighted by Gasteiger charge is -2.34. The normalized spacial score (nSPS) is 19.6. The van der Waals surface area contributed by atoms with E-state index in [0.29, 0.717) is 0 Å². The van der Waals surface area contributed by atoms with Crippen molar-refractivity contribution in [2.75, 3.05) is 39.1 Å². The maximum absolute atomic E-state index is 5.77. The summed E-state index contributed by atoms with van der Waals surface area (Å²) in [6.07, 6.45) is 0.743. The summed E-state index contributed by atoms with van der Waals surface area (Å²) in [6, 6.07) is 20.1. The first-order valence-corrected chi connectivity index (χ1v) is 10.6. The Labute approximate surface area is 189 Å². The topological polar surface area (TPSA) is 61.0 Å². The minimum atomic E-state index is -0.438. The maximum atomic E-state index is 5.77. The second-order valence-corrected chi connectivity index (χ2v) is 8.08. The van der Waals surface area contributed by atoms with Gasteiger partial charge in [0.2, 0.25) is 0 Å². The molecule has 2 N–H and O–H groups in total. The Bertz CT molecular complexity index is 1100. The number of hydrogen-bond donors (Lipinski definition) is 2. The van der Waals surface area contributed by atoms with Crippen LogP contribution < -0.4 is 29.6 Å². The van der Waals surface area contributed by atoms with E-state index in [1.165, 1.54) is 0 Å². The molecule has 0 bridgehead atoms. The van der Waals surface area contributed by atoms with E-state index in [1.807, 2.05) is 36.4 Å². The van der Waals surface area contributed by atoms with Gasteiger partial charge in [-0.1, -0.05) is 12.1 Å². The zero-order chi connectivity index (χ0) is 22.7. The number of ether oxygens (including phenoxy) is 4. The Balaban J connectivity index is 1.85. The van der Waals surface area contributed by atoms with Crippen LogP contribution in [0.5, 0.6) is 23.0 Å². The van der Waals surface area contributed by atoms with Gasteiger partial charge in [-0.25, -0.2) is 0 Å². The summed E-state index contributed by atoms with van der Waals surface area (Å²) in [6.45, 7) is 2.20. The van der Waals surface area contributed by atoms with Gasteiger partial charge in [0.1, 0.15) is 23.0 Å². The van der Waals surface area contributed by atoms with Crippen LogP contribution in [0.1, 0.15) is 30.5 Å². The van der Waals surface area contributed by atoms with E-state index >= 15 is 0 Å². The van der Waals surface area contributed by atoms with Gasteiger partial charge in [0.25, 0.3) is 0 Å². The Morgan fingerprint density at radius 2 is 1.38 bits per heavy atom. The lowest BCUT2D eigenvalue weighted by molar-refractivity contribution is 0.368. The highest BCUT2D eigenvalue weighted by Gasteiger charge is 2.37. The highest BCUT2D eigenvalue weighted by molar-refractivity contribution is 5.72. The Morgan fingerprint density at radius 3 is 2.03 bits per heavy atom. The lowest BCUT2D eigenvalue weighted by Crippen LogP contribution is -2.34. The largest absolute Gasteiger partial charge is 0.497 e. The van der Waals surface area contributed by atoms with E-state index in [-0.39, 0.29) is 6.04 Å². The van der Waals surface area contributed by atoms with Crippen molar-refractivity contribution in [3.8, 4) is 23.0 Å². The second-order valence-electron chi connectivity index (χ2n) is 8.08. The van der Waals surface area contributed by atoms with E-state index in [4.69, 9.17) is 18.9 Å². The minimum Gasteiger partial charge on any atom is -0.497 e. The quantitative estimate of drug-likeness (QED) is 0.526. The average Bonchev–Trinajstić information content (AvgIpc) is 2.99. The number of hydrogen-bond acceptors (Lipinski definition) is 6. The zero-order valence-electron chi connectivity index (χ0n) is 19.2. The lowest BCUT2D eigenvalue weighted by atomic mass is 9.83. The predicted octanol–water partition coefficient (Wildman–Crippen LogP) is 5.61. The molecule has 0 unspecified atom stereocenters. The van der Waals surface area contributed by atoms with Crippen molar-refractivity contribution in [1.82, 2.24) is 0 Å². The van der Waals surface area contributed by atoms with Crippen LogP contribution in [0.15, 0.2) is 60.7 Å². The third-order valence-corrected chi connectivity index (χ3v) is 6.10. The van der Waals surface area contributed by atoms with E-state index in [2.05, 4.69) is 41.8 Å². The van der Waals surface area contributed by atoms with Crippen LogP contribution in [0.3, 0.4) is 0 Å². The molecule has 0 amide bonds. The molecule has 1 aliphatic rings. The average molecular weight is 435 g/mol. The number of methoxy groups -OCH3 is 4. The molecule has 3 aromatic rings. The summed E-state index contributed by atoms with van der Waals surface area (Å²) >= 11 is 0. The van der Waals surface area contributed by atoms with Gasteiger partial charge in [-0.15, -0.1) is 0 Å². The third kappa shape index (κ3) is 4.00. The fourth-order valence-corrected chi connectivity index (χ4v) is 4.44. The Kier molecular flexibility index (Phi) is 6.04. The standard InChI is InChI=1S/C26H30N2O4/c1-26(20-13-11-18(30-3)15-25(20)32-5)16-23(27-21-8-6-7-9-22(21)28-26)19-12-10-17(29-2)14-24(19)31-4/h6-15,23,27-28H,16H2,1-5H3/t23-,26+/m0/s1. The third-order valence-electron chi connectivity index (χ3n) is 6.10. The Morgan fingerprint density at radius 1 is 0.750 bits per heavy atom. The van der Waals surface area contributed by atoms with Gasteiger partial charge in [-0.05, 0) is 49.7 Å². The van der Waals surface area contributed by atoms with Crippen LogP contribution >= 0.6 is 0 Å². The molecule has 4 rings (SSSR count). The first kappa shape index (κ1) is 21.7. The molecule has 0 fully saturated rings. The van der Waals surface area contributed by atoms with E-state index < -0.39 is 5.54 Å². The Hall–Kier alpha value is -3.54. The minimum absolute atomic E-state index is 0.0242.